The lowest BCUT2D eigenvalue weighted by atomic mass is 10.0. The van der Waals surface area contributed by atoms with E-state index in [1.165, 1.54) is 5.56 Å². The Kier molecular flexibility index (Phi) is 7.15. The highest BCUT2D eigenvalue weighted by molar-refractivity contribution is 7.11. The SMILES string of the molecule is Cc1ccsc1C=CC(=O)NC(C)CCCC(C)C(=O)O. The first-order valence-electron chi connectivity index (χ1n) is 7.15. The zero-order chi connectivity index (χ0) is 15.8. The molecule has 0 aliphatic carbocycles. The topological polar surface area (TPSA) is 66.4 Å². The monoisotopic (exact) mass is 309 g/mol. The number of amides is 1. The summed E-state index contributed by atoms with van der Waals surface area (Å²) in [6.45, 7) is 5.66. The Morgan fingerprint density at radius 2 is 2.10 bits per heavy atom. The maximum absolute atomic E-state index is 11.8. The fourth-order valence-electron chi connectivity index (χ4n) is 1.92. The maximum Gasteiger partial charge on any atom is 0.306 e. The van der Waals surface area contributed by atoms with Crippen molar-refractivity contribution >= 4 is 29.3 Å². The molecule has 2 atom stereocenters. The summed E-state index contributed by atoms with van der Waals surface area (Å²) in [6, 6.07) is 2.07. The Morgan fingerprint density at radius 1 is 1.38 bits per heavy atom. The largest absolute Gasteiger partial charge is 0.481 e. The first-order valence-corrected chi connectivity index (χ1v) is 8.03. The average molecular weight is 309 g/mol. The molecule has 1 heterocycles. The maximum atomic E-state index is 11.8. The summed E-state index contributed by atoms with van der Waals surface area (Å²) >= 11 is 1.61. The molecule has 2 N–H and O–H groups in total. The van der Waals surface area contributed by atoms with E-state index in [0.717, 1.165) is 17.7 Å². The van der Waals surface area contributed by atoms with Crippen molar-refractivity contribution in [2.75, 3.05) is 0 Å². The van der Waals surface area contributed by atoms with Crippen molar-refractivity contribution in [1.82, 2.24) is 5.32 Å². The lowest BCUT2D eigenvalue weighted by Crippen LogP contribution is -2.31. The Hall–Kier alpha value is -1.62. The van der Waals surface area contributed by atoms with E-state index in [1.54, 1.807) is 24.3 Å². The third kappa shape index (κ3) is 6.58. The highest BCUT2D eigenvalue weighted by atomic mass is 32.1. The van der Waals surface area contributed by atoms with Crippen molar-refractivity contribution < 1.29 is 14.7 Å². The molecule has 2 unspecified atom stereocenters. The zero-order valence-electron chi connectivity index (χ0n) is 12.8. The quantitative estimate of drug-likeness (QED) is 0.723. The Bertz CT molecular complexity index is 507. The van der Waals surface area contributed by atoms with Gasteiger partial charge in [-0.25, -0.2) is 0 Å². The fraction of sp³-hybridized carbons (Fsp3) is 0.500. The van der Waals surface area contributed by atoms with Gasteiger partial charge in [0.25, 0.3) is 0 Å². The van der Waals surface area contributed by atoms with Gasteiger partial charge in [0.1, 0.15) is 0 Å². The molecule has 0 fully saturated rings. The summed E-state index contributed by atoms with van der Waals surface area (Å²) in [4.78, 5) is 23.6. The molecule has 1 aromatic rings. The molecule has 4 nitrogen and oxygen atoms in total. The first kappa shape index (κ1) is 17.4. The van der Waals surface area contributed by atoms with Crippen LogP contribution in [0.3, 0.4) is 0 Å². The van der Waals surface area contributed by atoms with Gasteiger partial charge in [-0.1, -0.05) is 13.3 Å². The van der Waals surface area contributed by atoms with Gasteiger partial charge in [-0.05, 0) is 49.8 Å². The predicted octanol–water partition coefficient (Wildman–Crippen LogP) is 3.47. The van der Waals surface area contributed by atoms with Gasteiger partial charge in [0, 0.05) is 17.0 Å². The number of carbonyl (C=O) groups is 2. The van der Waals surface area contributed by atoms with Gasteiger partial charge >= 0.3 is 5.97 Å². The van der Waals surface area contributed by atoms with E-state index in [-0.39, 0.29) is 17.9 Å². The summed E-state index contributed by atoms with van der Waals surface area (Å²) < 4.78 is 0. The second kappa shape index (κ2) is 8.62. The fourth-order valence-corrected chi connectivity index (χ4v) is 2.74. The van der Waals surface area contributed by atoms with Gasteiger partial charge < -0.3 is 10.4 Å². The number of carboxylic acids is 1. The molecule has 116 valence electrons. The average Bonchev–Trinajstić information content (AvgIpc) is 2.81. The normalized spacial score (nSPS) is 14.0. The number of aryl methyl sites for hydroxylation is 1. The predicted molar refractivity (Wildman–Crippen MR) is 86.3 cm³/mol. The number of aliphatic carboxylic acids is 1. The molecule has 1 amide bonds. The number of thiophene rings is 1. The zero-order valence-corrected chi connectivity index (χ0v) is 13.6. The van der Waals surface area contributed by atoms with E-state index >= 15 is 0 Å². The minimum Gasteiger partial charge on any atom is -0.481 e. The van der Waals surface area contributed by atoms with E-state index in [2.05, 4.69) is 5.32 Å². The second-order valence-corrected chi connectivity index (χ2v) is 6.33. The van der Waals surface area contributed by atoms with Gasteiger partial charge in [-0.2, -0.15) is 0 Å². The number of carbonyl (C=O) groups excluding carboxylic acids is 1. The summed E-state index contributed by atoms with van der Waals surface area (Å²) in [5, 5.41) is 13.7. The minimum atomic E-state index is -0.763. The molecule has 0 radical (unpaired) electrons. The van der Waals surface area contributed by atoms with E-state index in [0.29, 0.717) is 6.42 Å². The third-order valence-electron chi connectivity index (χ3n) is 3.37. The van der Waals surface area contributed by atoms with Crippen molar-refractivity contribution in [1.29, 1.82) is 0 Å². The van der Waals surface area contributed by atoms with Crippen molar-refractivity contribution in [2.24, 2.45) is 5.92 Å². The van der Waals surface area contributed by atoms with E-state index in [1.807, 2.05) is 31.4 Å². The Morgan fingerprint density at radius 3 is 2.67 bits per heavy atom. The lowest BCUT2D eigenvalue weighted by molar-refractivity contribution is -0.141. The molecule has 0 saturated carbocycles. The van der Waals surface area contributed by atoms with Crippen LogP contribution in [0.4, 0.5) is 0 Å². The standard InChI is InChI=1S/C16H23NO3S/c1-11-9-10-21-14(11)7-8-15(18)17-13(3)6-4-5-12(2)16(19)20/h7-10,12-13H,4-6H2,1-3H3,(H,17,18)(H,19,20). The van der Waals surface area contributed by atoms with Crippen LogP contribution < -0.4 is 5.32 Å². The summed E-state index contributed by atoms with van der Waals surface area (Å²) in [7, 11) is 0. The molecule has 1 rings (SSSR count). The number of hydrogen-bond acceptors (Lipinski definition) is 3. The number of rotatable bonds is 8. The van der Waals surface area contributed by atoms with E-state index < -0.39 is 5.97 Å². The highest BCUT2D eigenvalue weighted by Gasteiger charge is 2.11. The van der Waals surface area contributed by atoms with Crippen LogP contribution in [0.5, 0.6) is 0 Å². The van der Waals surface area contributed by atoms with Crippen LogP contribution in [0.15, 0.2) is 17.5 Å². The molecule has 1 aromatic heterocycles. The van der Waals surface area contributed by atoms with Gasteiger partial charge in [0.15, 0.2) is 0 Å². The molecule has 0 saturated heterocycles. The van der Waals surface area contributed by atoms with Gasteiger partial charge in [0.05, 0.1) is 5.92 Å². The van der Waals surface area contributed by atoms with Crippen LogP contribution in [-0.2, 0) is 9.59 Å². The summed E-state index contributed by atoms with van der Waals surface area (Å²) in [6.07, 6.45) is 5.60. The number of carboxylic acid groups (broad SMARTS) is 1. The molecule has 21 heavy (non-hydrogen) atoms. The van der Waals surface area contributed by atoms with Gasteiger partial charge in [-0.15, -0.1) is 11.3 Å². The first-order chi connectivity index (χ1) is 9.90. The number of hydrogen-bond donors (Lipinski definition) is 2. The molecule has 0 aliphatic heterocycles. The molecule has 0 aliphatic rings. The van der Waals surface area contributed by atoms with Gasteiger partial charge in [-0.3, -0.25) is 9.59 Å². The van der Waals surface area contributed by atoms with Crippen molar-refractivity contribution in [3.05, 3.63) is 28.0 Å². The van der Waals surface area contributed by atoms with E-state index in [9.17, 15) is 9.59 Å². The molecular weight excluding hydrogens is 286 g/mol. The van der Waals surface area contributed by atoms with Crippen LogP contribution in [0.1, 0.15) is 43.6 Å². The van der Waals surface area contributed by atoms with E-state index in [4.69, 9.17) is 5.11 Å². The van der Waals surface area contributed by atoms with Crippen LogP contribution in [0.25, 0.3) is 6.08 Å². The molecule has 0 spiro atoms. The Labute approximate surface area is 129 Å². The van der Waals surface area contributed by atoms with Crippen molar-refractivity contribution in [3.8, 4) is 0 Å². The number of nitrogens with one attached hydrogen (secondary N) is 1. The van der Waals surface area contributed by atoms with Crippen LogP contribution in [-0.4, -0.2) is 23.0 Å². The highest BCUT2D eigenvalue weighted by Crippen LogP contribution is 2.16. The van der Waals surface area contributed by atoms with Crippen LogP contribution in [0, 0.1) is 12.8 Å². The Balaban J connectivity index is 2.29. The molecule has 0 bridgehead atoms. The van der Waals surface area contributed by atoms with Crippen molar-refractivity contribution in [2.45, 2.75) is 46.1 Å². The third-order valence-corrected chi connectivity index (χ3v) is 4.36. The second-order valence-electron chi connectivity index (χ2n) is 5.38. The smallest absolute Gasteiger partial charge is 0.306 e. The van der Waals surface area contributed by atoms with Crippen LogP contribution >= 0.6 is 11.3 Å². The molecule has 5 heteroatoms. The summed E-state index contributed by atoms with van der Waals surface area (Å²) in [5.74, 6) is -1.20. The minimum absolute atomic E-state index is 0.0487. The molecule has 0 aromatic carbocycles. The molecular formula is C16H23NO3S. The summed E-state index contributed by atoms with van der Waals surface area (Å²) in [5.41, 5.74) is 1.17. The van der Waals surface area contributed by atoms with Gasteiger partial charge in [0.2, 0.25) is 5.91 Å². The lowest BCUT2D eigenvalue weighted by Gasteiger charge is -2.13. The van der Waals surface area contributed by atoms with Crippen molar-refractivity contribution in [3.63, 3.8) is 0 Å². The van der Waals surface area contributed by atoms with Crippen LogP contribution in [0.2, 0.25) is 0 Å².